The smallest absolute Gasteiger partial charge is 0.237 e. The minimum absolute atomic E-state index is 0.108. The van der Waals surface area contributed by atoms with E-state index in [9.17, 15) is 13.6 Å². The van der Waals surface area contributed by atoms with Crippen LogP contribution in [0.4, 0.5) is 14.5 Å². The Morgan fingerprint density at radius 1 is 1.44 bits per heavy atom. The van der Waals surface area contributed by atoms with Crippen LogP contribution in [-0.4, -0.2) is 16.9 Å². The van der Waals surface area contributed by atoms with Crippen LogP contribution in [0.25, 0.3) is 0 Å². The SMILES string of the molecule is CCCCSC(C)C(=O)Nc1cc(F)ccc1F. The van der Waals surface area contributed by atoms with Crippen molar-refractivity contribution in [3.05, 3.63) is 29.8 Å². The quantitative estimate of drug-likeness (QED) is 0.798. The molecule has 0 radical (unpaired) electrons. The van der Waals surface area contributed by atoms with Crippen LogP contribution in [0.2, 0.25) is 0 Å². The fourth-order valence-corrected chi connectivity index (χ4v) is 2.33. The summed E-state index contributed by atoms with van der Waals surface area (Å²) in [5, 5.41) is 2.12. The van der Waals surface area contributed by atoms with Crippen LogP contribution in [0.3, 0.4) is 0 Å². The summed E-state index contributed by atoms with van der Waals surface area (Å²) < 4.78 is 26.2. The first-order chi connectivity index (χ1) is 8.54. The Kier molecular flexibility index (Phi) is 6.12. The van der Waals surface area contributed by atoms with E-state index in [2.05, 4.69) is 12.2 Å². The van der Waals surface area contributed by atoms with E-state index in [1.54, 1.807) is 6.92 Å². The van der Waals surface area contributed by atoms with Crippen molar-refractivity contribution in [2.24, 2.45) is 0 Å². The van der Waals surface area contributed by atoms with Crippen LogP contribution in [0.15, 0.2) is 18.2 Å². The zero-order chi connectivity index (χ0) is 13.5. The third-order valence-corrected chi connectivity index (χ3v) is 3.66. The number of thioether (sulfide) groups is 1. The molecule has 1 unspecified atom stereocenters. The number of benzene rings is 1. The molecule has 0 bridgehead atoms. The Labute approximate surface area is 110 Å². The lowest BCUT2D eigenvalue weighted by molar-refractivity contribution is -0.115. The van der Waals surface area contributed by atoms with Gasteiger partial charge >= 0.3 is 0 Å². The lowest BCUT2D eigenvalue weighted by atomic mass is 10.3. The predicted octanol–water partition coefficient (Wildman–Crippen LogP) is 3.83. The molecule has 18 heavy (non-hydrogen) atoms. The normalized spacial score (nSPS) is 12.2. The minimum atomic E-state index is -0.629. The Balaban J connectivity index is 2.55. The van der Waals surface area contributed by atoms with Gasteiger partial charge in [0.05, 0.1) is 10.9 Å². The summed E-state index contributed by atoms with van der Waals surface area (Å²) in [6.45, 7) is 3.83. The van der Waals surface area contributed by atoms with Gasteiger partial charge in [-0.2, -0.15) is 0 Å². The molecular formula is C13H17F2NOS. The van der Waals surface area contributed by atoms with Gasteiger partial charge in [-0.3, -0.25) is 4.79 Å². The second kappa shape index (κ2) is 7.36. The van der Waals surface area contributed by atoms with Gasteiger partial charge in [0.25, 0.3) is 0 Å². The van der Waals surface area contributed by atoms with E-state index in [4.69, 9.17) is 0 Å². The number of hydrogen-bond acceptors (Lipinski definition) is 2. The monoisotopic (exact) mass is 273 g/mol. The number of amides is 1. The number of anilines is 1. The number of unbranched alkanes of at least 4 members (excludes halogenated alkanes) is 1. The molecule has 100 valence electrons. The lowest BCUT2D eigenvalue weighted by Crippen LogP contribution is -2.23. The van der Waals surface area contributed by atoms with E-state index in [1.165, 1.54) is 11.8 Å². The van der Waals surface area contributed by atoms with Gasteiger partial charge in [-0.25, -0.2) is 8.78 Å². The Hall–Kier alpha value is -1.10. The van der Waals surface area contributed by atoms with Crippen LogP contribution in [0.1, 0.15) is 26.7 Å². The first-order valence-electron chi connectivity index (χ1n) is 5.92. The second-order valence-electron chi connectivity index (χ2n) is 3.98. The van der Waals surface area contributed by atoms with Gasteiger partial charge in [-0.15, -0.1) is 11.8 Å². The third-order valence-electron chi connectivity index (χ3n) is 2.42. The van der Waals surface area contributed by atoms with Gasteiger partial charge in [0.1, 0.15) is 11.6 Å². The van der Waals surface area contributed by atoms with Crippen molar-refractivity contribution in [1.29, 1.82) is 0 Å². The van der Waals surface area contributed by atoms with Crippen LogP contribution in [-0.2, 0) is 4.79 Å². The zero-order valence-corrected chi connectivity index (χ0v) is 11.3. The van der Waals surface area contributed by atoms with Gasteiger partial charge in [0, 0.05) is 6.07 Å². The molecule has 0 aliphatic carbocycles. The molecule has 0 saturated carbocycles. The first kappa shape index (κ1) is 15.0. The number of nitrogens with one attached hydrogen (secondary N) is 1. The summed E-state index contributed by atoms with van der Waals surface area (Å²) in [7, 11) is 0. The molecular weight excluding hydrogens is 256 g/mol. The Morgan fingerprint density at radius 3 is 2.83 bits per heavy atom. The molecule has 0 aliphatic rings. The molecule has 5 heteroatoms. The summed E-state index contributed by atoms with van der Waals surface area (Å²) in [6.07, 6.45) is 2.11. The van der Waals surface area contributed by atoms with Gasteiger partial charge in [-0.05, 0) is 31.2 Å². The maximum absolute atomic E-state index is 13.3. The van der Waals surface area contributed by atoms with Crippen LogP contribution < -0.4 is 5.32 Å². The van der Waals surface area contributed by atoms with Crippen LogP contribution >= 0.6 is 11.8 Å². The molecule has 0 fully saturated rings. The largest absolute Gasteiger partial charge is 0.323 e. The number of halogens is 2. The van der Waals surface area contributed by atoms with Crippen molar-refractivity contribution in [2.75, 3.05) is 11.1 Å². The topological polar surface area (TPSA) is 29.1 Å². The molecule has 0 spiro atoms. The van der Waals surface area contributed by atoms with Crippen molar-refractivity contribution in [2.45, 2.75) is 31.9 Å². The third kappa shape index (κ3) is 4.64. The van der Waals surface area contributed by atoms with Crippen LogP contribution in [0.5, 0.6) is 0 Å². The van der Waals surface area contributed by atoms with Crippen molar-refractivity contribution in [3.63, 3.8) is 0 Å². The summed E-state index contributed by atoms with van der Waals surface area (Å²) in [5.74, 6) is -0.620. The van der Waals surface area contributed by atoms with Gasteiger partial charge in [0.15, 0.2) is 0 Å². The van der Waals surface area contributed by atoms with E-state index in [-0.39, 0.29) is 16.8 Å². The molecule has 1 amide bonds. The average Bonchev–Trinajstić information content (AvgIpc) is 2.34. The summed E-state index contributed by atoms with van der Waals surface area (Å²) in [6, 6.07) is 3.00. The van der Waals surface area contributed by atoms with E-state index in [1.807, 2.05) is 0 Å². The Bertz CT molecular complexity index is 412. The number of carbonyl (C=O) groups is 1. The highest BCUT2D eigenvalue weighted by molar-refractivity contribution is 8.00. The van der Waals surface area contributed by atoms with Crippen molar-refractivity contribution in [1.82, 2.24) is 0 Å². The molecule has 1 rings (SSSR count). The Morgan fingerprint density at radius 2 is 2.17 bits per heavy atom. The first-order valence-corrected chi connectivity index (χ1v) is 6.97. The molecule has 1 aromatic rings. The van der Waals surface area contributed by atoms with Crippen LogP contribution in [0, 0.1) is 11.6 Å². The molecule has 0 saturated heterocycles. The molecule has 0 aliphatic heterocycles. The highest BCUT2D eigenvalue weighted by atomic mass is 32.2. The van der Waals surface area contributed by atoms with Gasteiger partial charge in [-0.1, -0.05) is 13.3 Å². The molecule has 2 nitrogen and oxygen atoms in total. The number of carbonyl (C=O) groups excluding carboxylic acids is 1. The predicted molar refractivity (Wildman–Crippen MR) is 71.8 cm³/mol. The second-order valence-corrected chi connectivity index (χ2v) is 5.43. The fraction of sp³-hybridized carbons (Fsp3) is 0.462. The maximum Gasteiger partial charge on any atom is 0.237 e. The molecule has 1 aromatic carbocycles. The number of hydrogen-bond donors (Lipinski definition) is 1. The standard InChI is InChI=1S/C13H17F2NOS/c1-3-4-7-18-9(2)13(17)16-12-8-10(14)5-6-11(12)15/h5-6,8-9H,3-4,7H2,1-2H3,(H,16,17). The maximum atomic E-state index is 13.3. The lowest BCUT2D eigenvalue weighted by Gasteiger charge is -2.12. The van der Waals surface area contributed by atoms with Crippen molar-refractivity contribution < 1.29 is 13.6 Å². The zero-order valence-electron chi connectivity index (χ0n) is 10.5. The summed E-state index contributed by atoms with van der Waals surface area (Å²) >= 11 is 1.51. The highest BCUT2D eigenvalue weighted by Crippen LogP contribution is 2.18. The summed E-state index contributed by atoms with van der Waals surface area (Å²) in [4.78, 5) is 11.7. The molecule has 0 aromatic heterocycles. The minimum Gasteiger partial charge on any atom is -0.323 e. The van der Waals surface area contributed by atoms with Gasteiger partial charge < -0.3 is 5.32 Å². The average molecular weight is 273 g/mol. The molecule has 1 N–H and O–H groups in total. The van der Waals surface area contributed by atoms with Crippen molar-refractivity contribution >= 4 is 23.4 Å². The van der Waals surface area contributed by atoms with E-state index >= 15 is 0 Å². The molecule has 1 atom stereocenters. The molecule has 0 heterocycles. The number of rotatable bonds is 6. The van der Waals surface area contributed by atoms with E-state index in [0.717, 1.165) is 36.8 Å². The fourth-order valence-electron chi connectivity index (χ4n) is 1.31. The highest BCUT2D eigenvalue weighted by Gasteiger charge is 2.15. The van der Waals surface area contributed by atoms with Crippen molar-refractivity contribution in [3.8, 4) is 0 Å². The van der Waals surface area contributed by atoms with E-state index < -0.39 is 11.6 Å². The van der Waals surface area contributed by atoms with E-state index in [0.29, 0.717) is 0 Å². The van der Waals surface area contributed by atoms with Gasteiger partial charge in [0.2, 0.25) is 5.91 Å². The summed E-state index contributed by atoms with van der Waals surface area (Å²) in [5.41, 5.74) is -0.108.